The quantitative estimate of drug-likeness (QED) is 0.816. The summed E-state index contributed by atoms with van der Waals surface area (Å²) in [7, 11) is 3.80. The first-order chi connectivity index (χ1) is 10.1. The van der Waals surface area contributed by atoms with E-state index in [1.54, 1.807) is 7.11 Å². The van der Waals surface area contributed by atoms with Crippen LogP contribution in [0.15, 0.2) is 0 Å². The number of rotatable bonds is 6. The monoisotopic (exact) mass is 294 g/mol. The van der Waals surface area contributed by atoms with Gasteiger partial charge >= 0.3 is 0 Å². The smallest absolute Gasteiger partial charge is 0.131 e. The van der Waals surface area contributed by atoms with Crippen molar-refractivity contribution in [1.82, 2.24) is 15.1 Å². The Balaban J connectivity index is 2.17. The van der Waals surface area contributed by atoms with Crippen LogP contribution >= 0.6 is 0 Å². The molecule has 1 aromatic heterocycles. The second-order valence-corrected chi connectivity index (χ2v) is 6.23. The molecule has 5 heteroatoms. The third kappa shape index (κ3) is 3.58. The maximum atomic E-state index is 5.10. The van der Waals surface area contributed by atoms with Crippen molar-refractivity contribution in [2.45, 2.75) is 46.2 Å². The maximum Gasteiger partial charge on any atom is 0.131 e. The molecule has 1 N–H and O–H groups in total. The van der Waals surface area contributed by atoms with Crippen LogP contribution in [0.5, 0.6) is 0 Å². The zero-order valence-electron chi connectivity index (χ0n) is 14.1. The van der Waals surface area contributed by atoms with Crippen molar-refractivity contribution in [3.8, 4) is 0 Å². The second-order valence-electron chi connectivity index (χ2n) is 6.23. The van der Waals surface area contributed by atoms with Gasteiger partial charge in [0.25, 0.3) is 0 Å². The van der Waals surface area contributed by atoms with Gasteiger partial charge < -0.3 is 15.0 Å². The van der Waals surface area contributed by atoms with Crippen LogP contribution in [0, 0.1) is 12.8 Å². The summed E-state index contributed by atoms with van der Waals surface area (Å²) >= 11 is 0. The molecule has 1 aliphatic heterocycles. The van der Waals surface area contributed by atoms with Gasteiger partial charge in [-0.15, -0.1) is 0 Å². The Bertz CT molecular complexity index is 457. The number of methoxy groups -OCH3 is 1. The van der Waals surface area contributed by atoms with Crippen molar-refractivity contribution in [3.05, 3.63) is 11.3 Å². The van der Waals surface area contributed by atoms with Gasteiger partial charge in [0.05, 0.1) is 12.3 Å². The average molecular weight is 294 g/mol. The minimum absolute atomic E-state index is 0.575. The summed E-state index contributed by atoms with van der Waals surface area (Å²) in [6.45, 7) is 10.4. The van der Waals surface area contributed by atoms with E-state index in [1.165, 1.54) is 24.2 Å². The predicted octanol–water partition coefficient (Wildman–Crippen LogP) is 2.09. The molecule has 120 valence electrons. The second kappa shape index (κ2) is 7.27. The van der Waals surface area contributed by atoms with Crippen LogP contribution in [0.25, 0.3) is 0 Å². The number of hydrogen-bond acceptors (Lipinski definition) is 4. The Morgan fingerprint density at radius 1 is 1.38 bits per heavy atom. The predicted molar refractivity (Wildman–Crippen MR) is 86.7 cm³/mol. The average Bonchev–Trinajstić information content (AvgIpc) is 2.73. The lowest BCUT2D eigenvalue weighted by Gasteiger charge is -2.40. The zero-order chi connectivity index (χ0) is 15.4. The van der Waals surface area contributed by atoms with Gasteiger partial charge in [-0.05, 0) is 32.6 Å². The van der Waals surface area contributed by atoms with E-state index in [2.05, 4.69) is 47.8 Å². The summed E-state index contributed by atoms with van der Waals surface area (Å²) in [4.78, 5) is 2.54. The lowest BCUT2D eigenvalue weighted by molar-refractivity contribution is 0.199. The molecule has 1 fully saturated rings. The van der Waals surface area contributed by atoms with E-state index in [0.717, 1.165) is 37.9 Å². The van der Waals surface area contributed by atoms with Gasteiger partial charge in [-0.25, -0.2) is 0 Å². The number of ether oxygens (including phenoxy) is 1. The van der Waals surface area contributed by atoms with Crippen molar-refractivity contribution < 1.29 is 4.74 Å². The van der Waals surface area contributed by atoms with Crippen LogP contribution in [0.2, 0.25) is 0 Å². The highest BCUT2D eigenvalue weighted by Crippen LogP contribution is 2.31. The molecular formula is C16H30N4O. The fraction of sp³-hybridized carbons (Fsp3) is 0.812. The third-order valence-corrected chi connectivity index (χ3v) is 4.74. The minimum atomic E-state index is 0.575. The Labute approximate surface area is 128 Å². The first-order valence-corrected chi connectivity index (χ1v) is 8.05. The first kappa shape index (κ1) is 16.3. The highest BCUT2D eigenvalue weighted by molar-refractivity contribution is 5.51. The molecule has 2 unspecified atom stereocenters. The fourth-order valence-electron chi connectivity index (χ4n) is 3.28. The van der Waals surface area contributed by atoms with Gasteiger partial charge in [-0.1, -0.05) is 6.92 Å². The normalized spacial score (nSPS) is 22.8. The van der Waals surface area contributed by atoms with E-state index >= 15 is 0 Å². The molecule has 1 aliphatic rings. The number of nitrogens with one attached hydrogen (secondary N) is 1. The first-order valence-electron chi connectivity index (χ1n) is 8.05. The highest BCUT2D eigenvalue weighted by Gasteiger charge is 2.29. The van der Waals surface area contributed by atoms with Crippen molar-refractivity contribution in [2.75, 3.05) is 31.7 Å². The number of nitrogens with zero attached hydrogens (tertiary/aromatic N) is 3. The van der Waals surface area contributed by atoms with Gasteiger partial charge in [0.1, 0.15) is 5.82 Å². The van der Waals surface area contributed by atoms with E-state index in [0.29, 0.717) is 6.04 Å². The van der Waals surface area contributed by atoms with Gasteiger partial charge in [0.2, 0.25) is 0 Å². The molecule has 1 aromatic rings. The van der Waals surface area contributed by atoms with Crippen molar-refractivity contribution in [2.24, 2.45) is 13.0 Å². The van der Waals surface area contributed by atoms with Crippen LogP contribution in [0.1, 0.15) is 37.9 Å². The molecular weight excluding hydrogens is 264 g/mol. The van der Waals surface area contributed by atoms with Gasteiger partial charge in [-0.3, -0.25) is 4.68 Å². The van der Waals surface area contributed by atoms with Crippen molar-refractivity contribution in [3.63, 3.8) is 0 Å². The molecule has 5 nitrogen and oxygen atoms in total. The summed E-state index contributed by atoms with van der Waals surface area (Å²) in [5.74, 6) is 2.03. The third-order valence-electron chi connectivity index (χ3n) is 4.74. The highest BCUT2D eigenvalue weighted by atomic mass is 16.5. The molecule has 2 heterocycles. The Hall–Kier alpha value is -1.07. The molecule has 0 saturated carbocycles. The number of hydrogen-bond donors (Lipinski definition) is 1. The Morgan fingerprint density at radius 2 is 2.14 bits per heavy atom. The largest absolute Gasteiger partial charge is 0.383 e. The lowest BCUT2D eigenvalue weighted by atomic mass is 9.92. The van der Waals surface area contributed by atoms with Crippen LogP contribution < -0.4 is 10.2 Å². The molecule has 21 heavy (non-hydrogen) atoms. The summed E-state index contributed by atoms with van der Waals surface area (Å²) in [6, 6.07) is 0.575. The SMILES string of the molecule is COCCNCc1c(C)nn(C)c1N1CCCC(C)C1C. The van der Waals surface area contributed by atoms with Gasteiger partial charge in [0.15, 0.2) is 0 Å². The number of aryl methyl sites for hydroxylation is 2. The number of aromatic nitrogens is 2. The lowest BCUT2D eigenvalue weighted by Crippen LogP contribution is -2.44. The molecule has 0 bridgehead atoms. The zero-order valence-corrected chi connectivity index (χ0v) is 14.1. The molecule has 0 aliphatic carbocycles. The summed E-state index contributed by atoms with van der Waals surface area (Å²) in [6.07, 6.45) is 2.60. The summed E-state index contributed by atoms with van der Waals surface area (Å²) in [5, 5.41) is 8.11. The van der Waals surface area contributed by atoms with Crippen molar-refractivity contribution in [1.29, 1.82) is 0 Å². The fourth-order valence-corrected chi connectivity index (χ4v) is 3.28. The molecule has 1 saturated heterocycles. The molecule has 2 atom stereocenters. The summed E-state index contributed by atoms with van der Waals surface area (Å²) < 4.78 is 7.15. The molecule has 0 spiro atoms. The van der Waals surface area contributed by atoms with Crippen LogP contribution in [-0.4, -0.2) is 42.6 Å². The van der Waals surface area contributed by atoms with Gasteiger partial charge in [0, 0.05) is 45.4 Å². The minimum Gasteiger partial charge on any atom is -0.383 e. The molecule has 0 radical (unpaired) electrons. The molecule has 2 rings (SSSR count). The van der Waals surface area contributed by atoms with Crippen LogP contribution in [0.4, 0.5) is 5.82 Å². The van der Waals surface area contributed by atoms with E-state index in [-0.39, 0.29) is 0 Å². The number of anilines is 1. The Kier molecular flexibility index (Phi) is 5.65. The molecule has 0 amide bonds. The number of piperidine rings is 1. The van der Waals surface area contributed by atoms with E-state index in [4.69, 9.17) is 4.74 Å². The van der Waals surface area contributed by atoms with E-state index in [9.17, 15) is 0 Å². The topological polar surface area (TPSA) is 42.3 Å². The molecule has 0 aromatic carbocycles. The summed E-state index contributed by atoms with van der Waals surface area (Å²) in [5.41, 5.74) is 2.46. The van der Waals surface area contributed by atoms with E-state index < -0.39 is 0 Å². The Morgan fingerprint density at radius 3 is 2.86 bits per heavy atom. The van der Waals surface area contributed by atoms with E-state index in [1.807, 2.05) is 0 Å². The standard InChI is InChI=1S/C16H30N4O/c1-12-7-6-9-20(14(12)3)16-15(11-17-8-10-21-5)13(2)18-19(16)4/h12,14,17H,6-11H2,1-5H3. The maximum absolute atomic E-state index is 5.10. The van der Waals surface area contributed by atoms with Gasteiger partial charge in [-0.2, -0.15) is 5.10 Å². The van der Waals surface area contributed by atoms with Crippen LogP contribution in [-0.2, 0) is 18.3 Å². The van der Waals surface area contributed by atoms with Crippen molar-refractivity contribution >= 4 is 5.82 Å². The van der Waals surface area contributed by atoms with Crippen LogP contribution in [0.3, 0.4) is 0 Å².